The normalized spacial score (nSPS) is 11.9. The van der Waals surface area contributed by atoms with Gasteiger partial charge < -0.3 is 0 Å². The number of ketones is 1. The fourth-order valence-corrected chi connectivity index (χ4v) is 1.53. The summed E-state index contributed by atoms with van der Waals surface area (Å²) in [5, 5.41) is 0. The highest BCUT2D eigenvalue weighted by molar-refractivity contribution is 5.97. The number of rotatable bonds is 5. The fourth-order valence-electron chi connectivity index (χ4n) is 1.53. The summed E-state index contributed by atoms with van der Waals surface area (Å²) >= 11 is 0. The predicted molar refractivity (Wildman–Crippen MR) is 58.9 cm³/mol. The first kappa shape index (κ1) is 15.6. The molecule has 1 aromatic rings. The van der Waals surface area contributed by atoms with Gasteiger partial charge in [-0.2, -0.15) is 13.2 Å². The summed E-state index contributed by atoms with van der Waals surface area (Å²) in [4.78, 5) is 12.5. The van der Waals surface area contributed by atoms with Crippen LogP contribution in [0.3, 0.4) is 0 Å². The van der Waals surface area contributed by atoms with E-state index in [1.54, 1.807) is 0 Å². The van der Waals surface area contributed by atoms with Crippen LogP contribution in [0.5, 0.6) is 0 Å². The van der Waals surface area contributed by atoms with E-state index in [0.717, 1.165) is 17.0 Å². The molecule has 0 amide bonds. The van der Waals surface area contributed by atoms with Crippen LogP contribution < -0.4 is 0 Å². The lowest BCUT2D eigenvalue weighted by atomic mass is 10.1. The second-order valence-electron chi connectivity index (χ2n) is 3.97. The molecule has 0 unspecified atom stereocenters. The van der Waals surface area contributed by atoms with Crippen LogP contribution in [0.1, 0.15) is 17.3 Å². The Morgan fingerprint density at radius 3 is 2.42 bits per heavy atom. The fraction of sp³-hybridized carbons (Fsp3) is 0.417. The van der Waals surface area contributed by atoms with E-state index in [1.165, 1.54) is 6.92 Å². The molecule has 106 valence electrons. The van der Waals surface area contributed by atoms with Gasteiger partial charge in [0, 0.05) is 0 Å². The van der Waals surface area contributed by atoms with Crippen molar-refractivity contribution in [2.75, 3.05) is 19.6 Å². The molecule has 2 nitrogen and oxygen atoms in total. The molecule has 0 spiro atoms. The third-order valence-electron chi connectivity index (χ3n) is 2.45. The molecular weight excluding hydrogens is 269 g/mol. The number of Topliss-reactive ketones (excluding diaryl/α,β-unsaturated/α-hetero) is 1. The van der Waals surface area contributed by atoms with Crippen molar-refractivity contribution >= 4 is 5.78 Å². The van der Waals surface area contributed by atoms with E-state index >= 15 is 0 Å². The van der Waals surface area contributed by atoms with E-state index < -0.39 is 42.2 Å². The number of halogens is 5. The predicted octanol–water partition coefficient (Wildman–Crippen LogP) is 3.03. The quantitative estimate of drug-likeness (QED) is 0.611. The summed E-state index contributed by atoms with van der Waals surface area (Å²) < 4.78 is 62.8. The topological polar surface area (TPSA) is 20.3 Å². The standard InChI is InChI=1S/C12H12F5NO/c1-2-18(7-12(15,16)17)6-11(19)9-5-8(13)3-4-10(9)14/h3-5H,2,6-7H2,1H3. The molecule has 0 fully saturated rings. The zero-order valence-electron chi connectivity index (χ0n) is 10.1. The maximum Gasteiger partial charge on any atom is 0.401 e. The third kappa shape index (κ3) is 4.94. The van der Waals surface area contributed by atoms with Gasteiger partial charge in [0.15, 0.2) is 5.78 Å². The van der Waals surface area contributed by atoms with Crippen LogP contribution in [0.25, 0.3) is 0 Å². The zero-order valence-corrected chi connectivity index (χ0v) is 10.1. The van der Waals surface area contributed by atoms with Crippen molar-refractivity contribution in [3.05, 3.63) is 35.4 Å². The molecular formula is C12H12F5NO. The van der Waals surface area contributed by atoms with Crippen molar-refractivity contribution in [2.45, 2.75) is 13.1 Å². The molecule has 7 heteroatoms. The third-order valence-corrected chi connectivity index (χ3v) is 2.45. The Balaban J connectivity index is 2.80. The van der Waals surface area contributed by atoms with Gasteiger partial charge in [-0.25, -0.2) is 8.78 Å². The SMILES string of the molecule is CCN(CC(=O)c1cc(F)ccc1F)CC(F)(F)F. The van der Waals surface area contributed by atoms with E-state index in [0.29, 0.717) is 6.07 Å². The van der Waals surface area contributed by atoms with Gasteiger partial charge in [-0.15, -0.1) is 0 Å². The van der Waals surface area contributed by atoms with Crippen molar-refractivity contribution < 1.29 is 26.7 Å². The Hall–Kier alpha value is -1.50. The van der Waals surface area contributed by atoms with Gasteiger partial charge in [-0.05, 0) is 24.7 Å². The molecule has 0 radical (unpaired) electrons. The number of carbonyl (C=O) groups excluding carboxylic acids is 1. The molecule has 0 saturated carbocycles. The lowest BCUT2D eigenvalue weighted by Crippen LogP contribution is -2.37. The summed E-state index contributed by atoms with van der Waals surface area (Å²) in [6.07, 6.45) is -4.45. The Bertz CT molecular complexity index is 458. The monoisotopic (exact) mass is 281 g/mol. The molecule has 0 heterocycles. The van der Waals surface area contributed by atoms with Gasteiger partial charge in [0.1, 0.15) is 11.6 Å². The van der Waals surface area contributed by atoms with E-state index in [-0.39, 0.29) is 6.54 Å². The molecule has 0 aromatic heterocycles. The maximum atomic E-state index is 13.3. The molecule has 0 saturated heterocycles. The lowest BCUT2D eigenvalue weighted by Gasteiger charge is -2.21. The number of hydrogen-bond acceptors (Lipinski definition) is 2. The Kier molecular flexibility index (Phi) is 4.99. The molecule has 0 N–H and O–H groups in total. The molecule has 0 aliphatic rings. The number of hydrogen-bond donors (Lipinski definition) is 0. The van der Waals surface area contributed by atoms with E-state index in [4.69, 9.17) is 0 Å². The first-order valence-corrected chi connectivity index (χ1v) is 5.50. The lowest BCUT2D eigenvalue weighted by molar-refractivity contribution is -0.144. The van der Waals surface area contributed by atoms with Gasteiger partial charge in [-0.3, -0.25) is 9.69 Å². The van der Waals surface area contributed by atoms with E-state index in [2.05, 4.69) is 0 Å². The first-order valence-electron chi connectivity index (χ1n) is 5.50. The summed E-state index contributed by atoms with van der Waals surface area (Å²) in [6.45, 7) is -0.467. The van der Waals surface area contributed by atoms with Crippen LogP contribution in [-0.2, 0) is 0 Å². The molecule has 1 rings (SSSR count). The highest BCUT2D eigenvalue weighted by Gasteiger charge is 2.31. The molecule has 0 aliphatic carbocycles. The van der Waals surface area contributed by atoms with Crippen LogP contribution >= 0.6 is 0 Å². The van der Waals surface area contributed by atoms with Gasteiger partial charge >= 0.3 is 6.18 Å². The zero-order chi connectivity index (χ0) is 14.6. The smallest absolute Gasteiger partial charge is 0.293 e. The van der Waals surface area contributed by atoms with Gasteiger partial charge in [0.2, 0.25) is 0 Å². The van der Waals surface area contributed by atoms with E-state index in [1.807, 2.05) is 0 Å². The average Bonchev–Trinajstić information content (AvgIpc) is 2.29. The van der Waals surface area contributed by atoms with Crippen molar-refractivity contribution in [3.8, 4) is 0 Å². The minimum atomic E-state index is -4.45. The van der Waals surface area contributed by atoms with Crippen LogP contribution in [0.15, 0.2) is 18.2 Å². The van der Waals surface area contributed by atoms with Gasteiger partial charge in [-0.1, -0.05) is 6.92 Å². The Morgan fingerprint density at radius 2 is 1.89 bits per heavy atom. The molecule has 0 atom stereocenters. The van der Waals surface area contributed by atoms with Crippen LogP contribution in [0.4, 0.5) is 22.0 Å². The second-order valence-corrected chi connectivity index (χ2v) is 3.97. The minimum Gasteiger partial charge on any atom is -0.293 e. The van der Waals surface area contributed by atoms with Crippen molar-refractivity contribution in [2.24, 2.45) is 0 Å². The Labute approximate surface area is 106 Å². The van der Waals surface area contributed by atoms with Crippen molar-refractivity contribution in [3.63, 3.8) is 0 Å². The second kappa shape index (κ2) is 6.10. The number of carbonyl (C=O) groups is 1. The van der Waals surface area contributed by atoms with Crippen molar-refractivity contribution in [1.29, 1.82) is 0 Å². The number of likely N-dealkylation sites (N-methyl/N-ethyl adjacent to an activating group) is 1. The molecule has 0 bridgehead atoms. The van der Waals surface area contributed by atoms with Crippen LogP contribution in [0, 0.1) is 11.6 Å². The molecule has 1 aromatic carbocycles. The highest BCUT2D eigenvalue weighted by atomic mass is 19.4. The van der Waals surface area contributed by atoms with Gasteiger partial charge in [0.05, 0.1) is 18.7 Å². The number of benzene rings is 1. The largest absolute Gasteiger partial charge is 0.401 e. The minimum absolute atomic E-state index is 0.0256. The summed E-state index contributed by atoms with van der Waals surface area (Å²) in [5.74, 6) is -2.65. The molecule has 19 heavy (non-hydrogen) atoms. The van der Waals surface area contributed by atoms with Crippen LogP contribution in [-0.4, -0.2) is 36.5 Å². The van der Waals surface area contributed by atoms with E-state index in [9.17, 15) is 26.7 Å². The average molecular weight is 281 g/mol. The highest BCUT2D eigenvalue weighted by Crippen LogP contribution is 2.17. The summed E-state index contributed by atoms with van der Waals surface area (Å²) in [5.41, 5.74) is -0.541. The van der Waals surface area contributed by atoms with Crippen molar-refractivity contribution in [1.82, 2.24) is 4.90 Å². The van der Waals surface area contributed by atoms with Gasteiger partial charge in [0.25, 0.3) is 0 Å². The van der Waals surface area contributed by atoms with Crippen LogP contribution in [0.2, 0.25) is 0 Å². The number of nitrogens with zero attached hydrogens (tertiary/aromatic N) is 1. The first-order chi connectivity index (χ1) is 8.73. The summed E-state index contributed by atoms with van der Waals surface area (Å²) in [6, 6.07) is 2.28. The maximum absolute atomic E-state index is 13.3. The number of alkyl halides is 3. The molecule has 0 aliphatic heterocycles. The Morgan fingerprint density at radius 1 is 1.26 bits per heavy atom. The summed E-state index contributed by atoms with van der Waals surface area (Å²) in [7, 11) is 0.